The molecule has 2 amide bonds. The van der Waals surface area contributed by atoms with Gasteiger partial charge >= 0.3 is 5.97 Å². The molecule has 0 saturated carbocycles. The second-order valence-corrected chi connectivity index (χ2v) is 6.17. The molecule has 136 valence electrons. The number of amides is 2. The Hall–Kier alpha value is -3.15. The van der Waals surface area contributed by atoms with E-state index >= 15 is 0 Å². The molecular formula is C20H22N2O4. The SMILES string of the molecule is CC(=O)Oc1cccc(C(=O)N[C@H](Cc2ccc(C)c(C)c2)C(N)=O)c1. The Labute approximate surface area is 152 Å². The maximum atomic E-state index is 12.4. The van der Waals surface area contributed by atoms with Gasteiger partial charge in [-0.1, -0.05) is 24.3 Å². The fourth-order valence-corrected chi connectivity index (χ4v) is 2.50. The number of hydrogen-bond acceptors (Lipinski definition) is 4. The van der Waals surface area contributed by atoms with E-state index in [1.165, 1.54) is 13.0 Å². The van der Waals surface area contributed by atoms with Crippen LogP contribution in [0.4, 0.5) is 0 Å². The van der Waals surface area contributed by atoms with E-state index in [-0.39, 0.29) is 11.3 Å². The summed E-state index contributed by atoms with van der Waals surface area (Å²) < 4.78 is 4.97. The van der Waals surface area contributed by atoms with Crippen molar-refractivity contribution in [2.24, 2.45) is 5.73 Å². The number of carbonyl (C=O) groups excluding carboxylic acids is 3. The van der Waals surface area contributed by atoms with Crippen molar-refractivity contribution in [2.75, 3.05) is 0 Å². The summed E-state index contributed by atoms with van der Waals surface area (Å²) in [5.41, 5.74) is 8.88. The maximum absolute atomic E-state index is 12.4. The van der Waals surface area contributed by atoms with E-state index in [1.807, 2.05) is 32.0 Å². The van der Waals surface area contributed by atoms with Crippen LogP contribution < -0.4 is 15.8 Å². The van der Waals surface area contributed by atoms with Gasteiger partial charge in [-0.25, -0.2) is 0 Å². The molecule has 0 radical (unpaired) electrons. The van der Waals surface area contributed by atoms with Gasteiger partial charge in [-0.2, -0.15) is 0 Å². The number of ether oxygens (including phenoxy) is 1. The monoisotopic (exact) mass is 354 g/mol. The van der Waals surface area contributed by atoms with Crippen LogP contribution in [0, 0.1) is 13.8 Å². The molecular weight excluding hydrogens is 332 g/mol. The van der Waals surface area contributed by atoms with Gasteiger partial charge in [0.25, 0.3) is 5.91 Å². The van der Waals surface area contributed by atoms with Crippen molar-refractivity contribution in [2.45, 2.75) is 33.2 Å². The fourth-order valence-electron chi connectivity index (χ4n) is 2.50. The summed E-state index contributed by atoms with van der Waals surface area (Å²) in [6.45, 7) is 5.26. The molecule has 6 nitrogen and oxygen atoms in total. The largest absolute Gasteiger partial charge is 0.427 e. The first-order valence-corrected chi connectivity index (χ1v) is 8.21. The Kier molecular flexibility index (Phi) is 6.11. The van der Waals surface area contributed by atoms with Gasteiger partial charge in [0.15, 0.2) is 0 Å². The van der Waals surface area contributed by atoms with Gasteiger partial charge in [0.2, 0.25) is 5.91 Å². The lowest BCUT2D eigenvalue weighted by Gasteiger charge is -2.16. The summed E-state index contributed by atoms with van der Waals surface area (Å²) in [7, 11) is 0. The molecule has 0 heterocycles. The van der Waals surface area contributed by atoms with Crippen LogP contribution in [0.2, 0.25) is 0 Å². The Morgan fingerprint density at radius 1 is 1.08 bits per heavy atom. The number of esters is 1. The molecule has 0 bridgehead atoms. The van der Waals surface area contributed by atoms with Crippen LogP contribution in [0.25, 0.3) is 0 Å². The van der Waals surface area contributed by atoms with E-state index in [0.29, 0.717) is 6.42 Å². The van der Waals surface area contributed by atoms with Gasteiger partial charge in [0.05, 0.1) is 0 Å². The average molecular weight is 354 g/mol. The first kappa shape index (κ1) is 19.2. The normalized spacial score (nSPS) is 11.5. The summed E-state index contributed by atoms with van der Waals surface area (Å²) in [5, 5.41) is 2.64. The van der Waals surface area contributed by atoms with Gasteiger partial charge in [0, 0.05) is 18.9 Å². The first-order chi connectivity index (χ1) is 12.3. The second kappa shape index (κ2) is 8.29. The van der Waals surface area contributed by atoms with Gasteiger partial charge in [-0.15, -0.1) is 0 Å². The summed E-state index contributed by atoms with van der Waals surface area (Å²) in [5.74, 6) is -1.30. The predicted molar refractivity (Wildman–Crippen MR) is 97.8 cm³/mol. The molecule has 0 aromatic heterocycles. The van der Waals surface area contributed by atoms with Crippen LogP contribution in [-0.2, 0) is 16.0 Å². The van der Waals surface area contributed by atoms with E-state index in [4.69, 9.17) is 10.5 Å². The van der Waals surface area contributed by atoms with Crippen LogP contribution in [0.3, 0.4) is 0 Å². The minimum Gasteiger partial charge on any atom is -0.427 e. The fraction of sp³-hybridized carbons (Fsp3) is 0.250. The Morgan fingerprint density at radius 3 is 2.42 bits per heavy atom. The number of hydrogen-bond donors (Lipinski definition) is 2. The van der Waals surface area contributed by atoms with E-state index in [2.05, 4.69) is 5.32 Å². The molecule has 0 aliphatic rings. The lowest BCUT2D eigenvalue weighted by Crippen LogP contribution is -2.45. The van der Waals surface area contributed by atoms with E-state index in [0.717, 1.165) is 16.7 Å². The van der Waals surface area contributed by atoms with Crippen molar-refractivity contribution in [1.82, 2.24) is 5.32 Å². The molecule has 6 heteroatoms. The van der Waals surface area contributed by atoms with Gasteiger partial charge in [-0.05, 0) is 48.7 Å². The van der Waals surface area contributed by atoms with Crippen molar-refractivity contribution < 1.29 is 19.1 Å². The third kappa shape index (κ3) is 5.17. The number of primary amides is 1. The minimum absolute atomic E-state index is 0.259. The predicted octanol–water partition coefficient (Wildman–Crippen LogP) is 2.06. The Bertz CT molecular complexity index is 845. The number of aryl methyl sites for hydroxylation is 2. The molecule has 0 unspecified atom stereocenters. The van der Waals surface area contributed by atoms with Crippen molar-refractivity contribution in [3.8, 4) is 5.75 Å². The van der Waals surface area contributed by atoms with Crippen molar-refractivity contribution >= 4 is 17.8 Å². The standard InChI is InChI=1S/C20H22N2O4/c1-12-7-8-15(9-13(12)2)10-18(19(21)24)22-20(25)16-5-4-6-17(11-16)26-14(3)23/h4-9,11,18H,10H2,1-3H3,(H2,21,24)(H,22,25)/t18-/m1/s1. The molecule has 2 aromatic carbocycles. The third-order valence-electron chi connectivity index (χ3n) is 4.02. The summed E-state index contributed by atoms with van der Waals surface area (Å²) >= 11 is 0. The second-order valence-electron chi connectivity index (χ2n) is 6.17. The molecule has 0 aliphatic carbocycles. The van der Waals surface area contributed by atoms with Gasteiger partial charge in [0.1, 0.15) is 11.8 Å². The van der Waals surface area contributed by atoms with E-state index in [1.54, 1.807) is 18.2 Å². The summed E-state index contributed by atoms with van der Waals surface area (Å²) in [4.78, 5) is 35.3. The van der Waals surface area contributed by atoms with E-state index in [9.17, 15) is 14.4 Å². The van der Waals surface area contributed by atoms with Crippen LogP contribution in [-0.4, -0.2) is 23.8 Å². The number of benzene rings is 2. The molecule has 0 spiro atoms. The first-order valence-electron chi connectivity index (χ1n) is 8.21. The highest BCUT2D eigenvalue weighted by Crippen LogP contribution is 2.15. The highest BCUT2D eigenvalue weighted by atomic mass is 16.5. The number of rotatable bonds is 6. The molecule has 2 aromatic rings. The summed E-state index contributed by atoms with van der Waals surface area (Å²) in [6.07, 6.45) is 0.297. The molecule has 2 rings (SSSR count). The molecule has 0 aliphatic heterocycles. The van der Waals surface area contributed by atoms with Crippen LogP contribution in [0.15, 0.2) is 42.5 Å². The van der Waals surface area contributed by atoms with Crippen LogP contribution in [0.1, 0.15) is 34.0 Å². The average Bonchev–Trinajstić information content (AvgIpc) is 2.57. The lowest BCUT2D eigenvalue weighted by molar-refractivity contribution is -0.131. The smallest absolute Gasteiger partial charge is 0.308 e. The topological polar surface area (TPSA) is 98.5 Å². The maximum Gasteiger partial charge on any atom is 0.308 e. The summed E-state index contributed by atoms with van der Waals surface area (Å²) in [6, 6.07) is 11.2. The lowest BCUT2D eigenvalue weighted by atomic mass is 10.0. The molecule has 26 heavy (non-hydrogen) atoms. The van der Waals surface area contributed by atoms with Gasteiger partial charge in [-0.3, -0.25) is 14.4 Å². The zero-order valence-electron chi connectivity index (χ0n) is 15.0. The Morgan fingerprint density at radius 2 is 1.81 bits per heavy atom. The quantitative estimate of drug-likeness (QED) is 0.613. The number of nitrogens with one attached hydrogen (secondary N) is 1. The zero-order valence-corrected chi connectivity index (χ0v) is 15.0. The third-order valence-corrected chi connectivity index (χ3v) is 4.02. The van der Waals surface area contributed by atoms with Gasteiger partial charge < -0.3 is 15.8 Å². The Balaban J connectivity index is 2.14. The highest BCUT2D eigenvalue weighted by molar-refractivity contribution is 5.97. The minimum atomic E-state index is -0.845. The molecule has 1 atom stereocenters. The zero-order chi connectivity index (χ0) is 19.3. The van der Waals surface area contributed by atoms with E-state index < -0.39 is 23.8 Å². The van der Waals surface area contributed by atoms with Crippen molar-refractivity contribution in [1.29, 1.82) is 0 Å². The van der Waals surface area contributed by atoms with Crippen molar-refractivity contribution in [3.05, 3.63) is 64.7 Å². The van der Waals surface area contributed by atoms with Crippen molar-refractivity contribution in [3.63, 3.8) is 0 Å². The van der Waals surface area contributed by atoms with Crippen LogP contribution >= 0.6 is 0 Å². The van der Waals surface area contributed by atoms with Crippen LogP contribution in [0.5, 0.6) is 5.75 Å². The highest BCUT2D eigenvalue weighted by Gasteiger charge is 2.20. The number of nitrogens with two attached hydrogens (primary N) is 1. The molecule has 0 saturated heterocycles. The molecule has 3 N–H and O–H groups in total. The molecule has 0 fully saturated rings. The number of carbonyl (C=O) groups is 3.